The molecule has 2 saturated carbocycles. The molecule has 0 radical (unpaired) electrons. The van der Waals surface area contributed by atoms with E-state index in [2.05, 4.69) is 33.4 Å². The topological polar surface area (TPSA) is 59.9 Å². The molecule has 6 heteroatoms. The van der Waals surface area contributed by atoms with Crippen LogP contribution in [0.25, 0.3) is 0 Å². The van der Waals surface area contributed by atoms with Crippen molar-refractivity contribution in [1.82, 2.24) is 5.43 Å². The lowest BCUT2D eigenvalue weighted by Gasteiger charge is -2.15. The van der Waals surface area contributed by atoms with Crippen LogP contribution in [0.2, 0.25) is 0 Å². The van der Waals surface area contributed by atoms with Crippen LogP contribution in [0.5, 0.6) is 11.5 Å². The molecule has 2 aromatic carbocycles. The number of fused-ring (bicyclic) bond motifs is 1. The van der Waals surface area contributed by atoms with Crippen LogP contribution < -0.4 is 14.9 Å². The van der Waals surface area contributed by atoms with Gasteiger partial charge in [0.15, 0.2) is 11.5 Å². The Morgan fingerprint density at radius 3 is 2.77 bits per heavy atom. The summed E-state index contributed by atoms with van der Waals surface area (Å²) in [6, 6.07) is 13.8. The highest BCUT2D eigenvalue weighted by Crippen LogP contribution is 2.66. The summed E-state index contributed by atoms with van der Waals surface area (Å²) in [5, 5.41) is 4.22. The van der Waals surface area contributed by atoms with Crippen molar-refractivity contribution >= 4 is 28.1 Å². The van der Waals surface area contributed by atoms with Crippen LogP contribution in [-0.4, -0.2) is 18.7 Å². The molecule has 164 valence electrons. The highest BCUT2D eigenvalue weighted by molar-refractivity contribution is 9.10. The third-order valence-electron chi connectivity index (χ3n) is 6.56. The quantitative estimate of drug-likeness (QED) is 0.385. The summed E-state index contributed by atoms with van der Waals surface area (Å²) < 4.78 is 12.6. The molecule has 0 heterocycles. The Morgan fingerprint density at radius 2 is 2.06 bits per heavy atom. The molecular formula is C25H29BrN2O3. The van der Waals surface area contributed by atoms with E-state index in [0.717, 1.165) is 28.4 Å². The number of nitrogens with zero attached hydrogens (tertiary/aromatic N) is 1. The van der Waals surface area contributed by atoms with Crippen molar-refractivity contribution < 1.29 is 14.3 Å². The SMILES string of the molecule is CCOc1cc(/C=N\NC(=O)[C@@H]2[C@H]3CCCC[C@@]32C)cc(Br)c1OCc1ccccc1. The molecule has 0 unspecified atom stereocenters. The van der Waals surface area contributed by atoms with E-state index in [-0.39, 0.29) is 17.2 Å². The van der Waals surface area contributed by atoms with E-state index in [1.54, 1.807) is 6.21 Å². The van der Waals surface area contributed by atoms with Crippen molar-refractivity contribution in [3.63, 3.8) is 0 Å². The normalized spacial score (nSPS) is 24.5. The molecule has 2 aromatic rings. The number of hydrazone groups is 1. The molecular weight excluding hydrogens is 456 g/mol. The van der Waals surface area contributed by atoms with Crippen LogP contribution in [0.3, 0.4) is 0 Å². The van der Waals surface area contributed by atoms with E-state index in [9.17, 15) is 4.79 Å². The summed E-state index contributed by atoms with van der Waals surface area (Å²) in [6.07, 6.45) is 6.43. The number of carbonyl (C=O) groups is 1. The van der Waals surface area contributed by atoms with Crippen molar-refractivity contribution in [2.24, 2.45) is 22.4 Å². The van der Waals surface area contributed by atoms with Crippen molar-refractivity contribution in [2.75, 3.05) is 6.61 Å². The zero-order valence-electron chi connectivity index (χ0n) is 18.1. The predicted molar refractivity (Wildman–Crippen MR) is 125 cm³/mol. The second kappa shape index (κ2) is 9.43. The van der Waals surface area contributed by atoms with Crippen molar-refractivity contribution in [3.8, 4) is 11.5 Å². The first-order chi connectivity index (χ1) is 15.0. The molecule has 31 heavy (non-hydrogen) atoms. The molecule has 0 aromatic heterocycles. The van der Waals surface area contributed by atoms with Gasteiger partial charge in [0.05, 0.1) is 17.3 Å². The number of amides is 1. The fraction of sp³-hybridized carbons (Fsp3) is 0.440. The Hall–Kier alpha value is -2.34. The minimum Gasteiger partial charge on any atom is -0.490 e. The minimum atomic E-state index is 0.0394. The van der Waals surface area contributed by atoms with Crippen LogP contribution >= 0.6 is 15.9 Å². The van der Waals surface area contributed by atoms with Gasteiger partial charge in [-0.25, -0.2) is 5.43 Å². The van der Waals surface area contributed by atoms with Gasteiger partial charge in [0.25, 0.3) is 0 Å². The monoisotopic (exact) mass is 484 g/mol. The number of nitrogens with one attached hydrogen (secondary N) is 1. The van der Waals surface area contributed by atoms with Crippen molar-refractivity contribution in [2.45, 2.75) is 46.1 Å². The first-order valence-corrected chi connectivity index (χ1v) is 11.8. The molecule has 2 fully saturated rings. The van der Waals surface area contributed by atoms with Gasteiger partial charge < -0.3 is 9.47 Å². The van der Waals surface area contributed by atoms with E-state index >= 15 is 0 Å². The van der Waals surface area contributed by atoms with Gasteiger partial charge in [0, 0.05) is 5.92 Å². The summed E-state index contributed by atoms with van der Waals surface area (Å²) in [4.78, 5) is 12.6. The molecule has 0 aliphatic heterocycles. The third-order valence-corrected chi connectivity index (χ3v) is 7.15. The lowest BCUT2D eigenvalue weighted by molar-refractivity contribution is -0.123. The molecule has 4 rings (SSSR count). The Bertz CT molecular complexity index is 963. The Kier molecular flexibility index (Phi) is 6.65. The highest BCUT2D eigenvalue weighted by atomic mass is 79.9. The zero-order valence-corrected chi connectivity index (χ0v) is 19.7. The van der Waals surface area contributed by atoms with E-state index in [1.165, 1.54) is 12.8 Å². The minimum absolute atomic E-state index is 0.0394. The second-order valence-corrected chi connectivity index (χ2v) is 9.46. The van der Waals surface area contributed by atoms with Crippen LogP contribution in [0.15, 0.2) is 52.0 Å². The van der Waals surface area contributed by atoms with Gasteiger partial charge >= 0.3 is 0 Å². The number of halogens is 1. The maximum atomic E-state index is 12.6. The van der Waals surface area contributed by atoms with E-state index in [1.807, 2.05) is 49.4 Å². The first-order valence-electron chi connectivity index (χ1n) is 11.0. The molecule has 2 aliphatic carbocycles. The van der Waals surface area contributed by atoms with Crippen LogP contribution in [-0.2, 0) is 11.4 Å². The van der Waals surface area contributed by atoms with Gasteiger partial charge in [-0.3, -0.25) is 4.79 Å². The summed E-state index contributed by atoms with van der Waals surface area (Å²) in [7, 11) is 0. The zero-order chi connectivity index (χ0) is 21.8. The first kappa shape index (κ1) is 21.9. The number of hydrogen-bond donors (Lipinski definition) is 1. The molecule has 0 saturated heterocycles. The lowest BCUT2D eigenvalue weighted by Crippen LogP contribution is -2.22. The van der Waals surface area contributed by atoms with Gasteiger partial charge in [-0.15, -0.1) is 0 Å². The Balaban J connectivity index is 1.41. The predicted octanol–water partition coefficient (Wildman–Crippen LogP) is 5.70. The Morgan fingerprint density at radius 1 is 1.26 bits per heavy atom. The average Bonchev–Trinajstić information content (AvgIpc) is 3.39. The van der Waals surface area contributed by atoms with Crippen molar-refractivity contribution in [3.05, 3.63) is 58.1 Å². The van der Waals surface area contributed by atoms with Gasteiger partial charge in [-0.2, -0.15) is 5.10 Å². The molecule has 0 bridgehead atoms. The fourth-order valence-corrected chi connectivity index (χ4v) is 5.46. The van der Waals surface area contributed by atoms with E-state index in [4.69, 9.17) is 9.47 Å². The van der Waals surface area contributed by atoms with Crippen LogP contribution in [0.4, 0.5) is 0 Å². The van der Waals surface area contributed by atoms with Gasteiger partial charge in [0.2, 0.25) is 5.91 Å². The lowest BCUT2D eigenvalue weighted by atomic mass is 9.90. The number of carbonyl (C=O) groups excluding carboxylic acids is 1. The second-order valence-electron chi connectivity index (χ2n) is 8.61. The fourth-order valence-electron chi connectivity index (χ4n) is 4.89. The molecule has 5 nitrogen and oxygen atoms in total. The van der Waals surface area contributed by atoms with Gasteiger partial charge in [-0.1, -0.05) is 50.1 Å². The standard InChI is InChI=1S/C25H29BrN2O3/c1-3-30-21-14-18(13-20(26)23(21)31-16-17-9-5-4-6-10-17)15-27-28-24(29)22-19-11-7-8-12-25(19,22)2/h4-6,9-10,13-15,19,22H,3,7-8,11-12,16H2,1-2H3,(H,28,29)/b27-15-/t19-,22+,25+/m1/s1. The molecule has 2 aliphatic rings. The largest absolute Gasteiger partial charge is 0.490 e. The van der Waals surface area contributed by atoms with Crippen LogP contribution in [0, 0.1) is 17.3 Å². The smallest absolute Gasteiger partial charge is 0.244 e. The number of hydrogen-bond acceptors (Lipinski definition) is 4. The molecule has 1 N–H and O–H groups in total. The third kappa shape index (κ3) is 4.79. The Labute approximate surface area is 192 Å². The van der Waals surface area contributed by atoms with Crippen LogP contribution in [0.1, 0.15) is 50.7 Å². The van der Waals surface area contributed by atoms with Gasteiger partial charge in [-0.05, 0) is 70.3 Å². The summed E-state index contributed by atoms with van der Waals surface area (Å²) in [6.45, 7) is 5.15. The van der Waals surface area contributed by atoms with E-state index < -0.39 is 0 Å². The summed E-state index contributed by atoms with van der Waals surface area (Å²) >= 11 is 3.59. The molecule has 1 amide bonds. The maximum Gasteiger partial charge on any atom is 0.244 e. The number of rotatable bonds is 8. The van der Waals surface area contributed by atoms with Gasteiger partial charge in [0.1, 0.15) is 6.61 Å². The molecule has 0 spiro atoms. The maximum absolute atomic E-state index is 12.6. The summed E-state index contributed by atoms with van der Waals surface area (Å²) in [5.74, 6) is 1.96. The highest BCUT2D eigenvalue weighted by Gasteiger charge is 2.64. The number of ether oxygens (including phenoxy) is 2. The summed E-state index contributed by atoms with van der Waals surface area (Å²) in [5.41, 5.74) is 4.84. The van der Waals surface area contributed by atoms with Crippen molar-refractivity contribution in [1.29, 1.82) is 0 Å². The number of benzene rings is 2. The van der Waals surface area contributed by atoms with E-state index in [0.29, 0.717) is 30.6 Å². The molecule has 3 atom stereocenters. The average molecular weight is 485 g/mol.